The zero-order valence-electron chi connectivity index (χ0n) is 18.9. The molecule has 1 aliphatic rings. The Kier molecular flexibility index (Phi) is 11.8. The predicted octanol–water partition coefficient (Wildman–Crippen LogP) is 3.80. The molecule has 0 saturated carbocycles. The molecule has 3 rings (SSSR count). The Balaban J connectivity index is 0.00000363. The number of ether oxygens (including phenoxy) is 2. The number of benzene rings is 2. The number of hydrogen-bond donors (Lipinski definition) is 2. The summed E-state index contributed by atoms with van der Waals surface area (Å²) in [5.74, 6) is 1.33. The molecule has 2 aromatic carbocycles. The van der Waals surface area contributed by atoms with Crippen LogP contribution in [-0.2, 0) is 17.8 Å². The van der Waals surface area contributed by atoms with E-state index >= 15 is 0 Å². The van der Waals surface area contributed by atoms with Crippen molar-refractivity contribution >= 4 is 29.9 Å². The van der Waals surface area contributed by atoms with Gasteiger partial charge in [0.1, 0.15) is 18.2 Å². The van der Waals surface area contributed by atoms with Gasteiger partial charge in [0.25, 0.3) is 0 Å². The minimum atomic E-state index is -0.233. The third-order valence-corrected chi connectivity index (χ3v) is 5.48. The van der Waals surface area contributed by atoms with Crippen molar-refractivity contribution in [1.82, 2.24) is 15.5 Å². The lowest BCUT2D eigenvalue weighted by Gasteiger charge is -2.31. The van der Waals surface area contributed by atoms with Crippen molar-refractivity contribution in [2.45, 2.75) is 32.0 Å². The van der Waals surface area contributed by atoms with Gasteiger partial charge in [-0.05, 0) is 55.3 Å². The highest BCUT2D eigenvalue weighted by Gasteiger charge is 2.17. The van der Waals surface area contributed by atoms with Gasteiger partial charge in [-0.15, -0.1) is 24.0 Å². The van der Waals surface area contributed by atoms with E-state index in [0.717, 1.165) is 49.5 Å². The molecule has 1 heterocycles. The monoisotopic (exact) mass is 556 g/mol. The van der Waals surface area contributed by atoms with Crippen molar-refractivity contribution in [3.05, 3.63) is 65.5 Å². The largest absolute Gasteiger partial charge is 0.492 e. The molecular weight excluding hydrogens is 522 g/mol. The van der Waals surface area contributed by atoms with Gasteiger partial charge in [0.2, 0.25) is 0 Å². The molecule has 8 heteroatoms. The molecule has 0 unspecified atom stereocenters. The summed E-state index contributed by atoms with van der Waals surface area (Å²) in [4.78, 5) is 6.61. The Morgan fingerprint density at radius 2 is 1.78 bits per heavy atom. The number of likely N-dealkylation sites (N-methyl/N-ethyl adjacent to an activating group) is 1. The van der Waals surface area contributed by atoms with Crippen molar-refractivity contribution in [3.8, 4) is 5.75 Å². The zero-order valence-corrected chi connectivity index (χ0v) is 21.2. The Morgan fingerprint density at radius 1 is 1.09 bits per heavy atom. The van der Waals surface area contributed by atoms with Gasteiger partial charge >= 0.3 is 0 Å². The topological polar surface area (TPSA) is 58.1 Å². The second-order valence-corrected chi connectivity index (χ2v) is 7.73. The summed E-state index contributed by atoms with van der Waals surface area (Å²) in [6, 6.07) is 15.1. The lowest BCUT2D eigenvalue weighted by Crippen LogP contribution is -2.38. The SMILES string of the molecule is CN=C(NCc1ccc(F)cc1)NCc1cccc(OCCN(C)C2CCOCC2)c1.I. The van der Waals surface area contributed by atoms with Gasteiger partial charge in [0.15, 0.2) is 5.96 Å². The quantitative estimate of drug-likeness (QED) is 0.280. The van der Waals surface area contributed by atoms with E-state index in [-0.39, 0.29) is 29.8 Å². The molecule has 32 heavy (non-hydrogen) atoms. The summed E-state index contributed by atoms with van der Waals surface area (Å²) < 4.78 is 24.4. The highest BCUT2D eigenvalue weighted by molar-refractivity contribution is 14.0. The Bertz CT molecular complexity index is 829. The van der Waals surface area contributed by atoms with Crippen LogP contribution in [0.5, 0.6) is 5.75 Å². The van der Waals surface area contributed by atoms with E-state index in [1.54, 1.807) is 19.2 Å². The lowest BCUT2D eigenvalue weighted by atomic mass is 10.1. The highest BCUT2D eigenvalue weighted by atomic mass is 127. The summed E-state index contributed by atoms with van der Waals surface area (Å²) in [6.45, 7) is 4.46. The van der Waals surface area contributed by atoms with Crippen LogP contribution < -0.4 is 15.4 Å². The Labute approximate surface area is 207 Å². The van der Waals surface area contributed by atoms with Gasteiger partial charge in [0.05, 0.1) is 0 Å². The normalized spacial score (nSPS) is 14.7. The summed E-state index contributed by atoms with van der Waals surface area (Å²) >= 11 is 0. The molecule has 1 saturated heterocycles. The third kappa shape index (κ3) is 8.91. The Morgan fingerprint density at radius 3 is 2.47 bits per heavy atom. The van der Waals surface area contributed by atoms with Crippen molar-refractivity contribution in [1.29, 1.82) is 0 Å². The second kappa shape index (κ2) is 14.3. The first kappa shape index (κ1) is 26.3. The summed E-state index contributed by atoms with van der Waals surface area (Å²) in [7, 11) is 3.89. The summed E-state index contributed by atoms with van der Waals surface area (Å²) in [5, 5.41) is 6.54. The fourth-order valence-corrected chi connectivity index (χ4v) is 3.56. The van der Waals surface area contributed by atoms with Crippen molar-refractivity contribution < 1.29 is 13.9 Å². The van der Waals surface area contributed by atoms with Crippen LogP contribution >= 0.6 is 24.0 Å². The fraction of sp³-hybridized carbons (Fsp3) is 0.458. The maximum absolute atomic E-state index is 13.0. The smallest absolute Gasteiger partial charge is 0.191 e. The highest BCUT2D eigenvalue weighted by Crippen LogP contribution is 2.15. The van der Waals surface area contributed by atoms with Crippen LogP contribution in [0.4, 0.5) is 4.39 Å². The van der Waals surface area contributed by atoms with E-state index in [9.17, 15) is 4.39 Å². The standard InChI is InChI=1S/C24H33FN4O2.HI/c1-26-24(27-17-19-6-8-21(25)9-7-19)28-18-20-4-3-5-23(16-20)31-15-12-29(2)22-10-13-30-14-11-22;/h3-9,16,22H,10-15,17-18H2,1-2H3,(H2,26,27,28);1H. The summed E-state index contributed by atoms with van der Waals surface area (Å²) in [5.41, 5.74) is 2.10. The first-order valence-electron chi connectivity index (χ1n) is 10.8. The number of halogens is 2. The number of aliphatic imine (C=N–C) groups is 1. The number of rotatable bonds is 9. The molecule has 1 fully saturated rings. The Hall–Kier alpha value is -1.91. The van der Waals surface area contributed by atoms with Gasteiger partial charge in [-0.2, -0.15) is 0 Å². The van der Waals surface area contributed by atoms with E-state index in [1.165, 1.54) is 12.1 Å². The molecule has 0 bridgehead atoms. The zero-order chi connectivity index (χ0) is 21.9. The van der Waals surface area contributed by atoms with Crippen LogP contribution in [0.2, 0.25) is 0 Å². The van der Waals surface area contributed by atoms with Gasteiger partial charge in [0, 0.05) is 45.9 Å². The predicted molar refractivity (Wildman–Crippen MR) is 137 cm³/mol. The molecule has 2 N–H and O–H groups in total. The summed E-state index contributed by atoms with van der Waals surface area (Å²) in [6.07, 6.45) is 2.18. The molecule has 0 spiro atoms. The van der Waals surface area contributed by atoms with E-state index in [2.05, 4.69) is 39.7 Å². The van der Waals surface area contributed by atoms with E-state index in [0.29, 0.717) is 31.7 Å². The lowest BCUT2D eigenvalue weighted by molar-refractivity contribution is 0.0392. The van der Waals surface area contributed by atoms with E-state index in [1.807, 2.05) is 12.1 Å². The van der Waals surface area contributed by atoms with Crippen LogP contribution in [0.15, 0.2) is 53.5 Å². The molecule has 0 radical (unpaired) electrons. The third-order valence-electron chi connectivity index (χ3n) is 5.48. The second-order valence-electron chi connectivity index (χ2n) is 7.73. The average Bonchev–Trinajstić information content (AvgIpc) is 2.81. The molecule has 1 aliphatic heterocycles. The van der Waals surface area contributed by atoms with E-state index < -0.39 is 0 Å². The molecule has 0 atom stereocenters. The maximum atomic E-state index is 13.0. The molecule has 176 valence electrons. The number of guanidine groups is 1. The van der Waals surface area contributed by atoms with Crippen LogP contribution in [0.1, 0.15) is 24.0 Å². The molecule has 6 nitrogen and oxygen atoms in total. The van der Waals surface area contributed by atoms with Gasteiger partial charge in [-0.25, -0.2) is 4.39 Å². The molecule has 0 aliphatic carbocycles. The number of hydrogen-bond acceptors (Lipinski definition) is 4. The van der Waals surface area contributed by atoms with Crippen LogP contribution in [-0.4, -0.2) is 57.4 Å². The molecular formula is C24H34FIN4O2. The number of nitrogens with one attached hydrogen (secondary N) is 2. The minimum Gasteiger partial charge on any atom is -0.492 e. The molecule has 2 aromatic rings. The molecule has 0 aromatic heterocycles. The first-order valence-corrected chi connectivity index (χ1v) is 10.8. The van der Waals surface area contributed by atoms with Crippen LogP contribution in [0.3, 0.4) is 0 Å². The van der Waals surface area contributed by atoms with Crippen molar-refractivity contribution in [3.63, 3.8) is 0 Å². The number of nitrogens with zero attached hydrogens (tertiary/aromatic N) is 2. The fourth-order valence-electron chi connectivity index (χ4n) is 3.56. The first-order chi connectivity index (χ1) is 15.1. The van der Waals surface area contributed by atoms with Gasteiger partial charge in [-0.1, -0.05) is 24.3 Å². The van der Waals surface area contributed by atoms with E-state index in [4.69, 9.17) is 9.47 Å². The van der Waals surface area contributed by atoms with Gasteiger partial charge < -0.3 is 20.1 Å². The van der Waals surface area contributed by atoms with Crippen LogP contribution in [0.25, 0.3) is 0 Å². The van der Waals surface area contributed by atoms with Crippen molar-refractivity contribution in [2.24, 2.45) is 4.99 Å². The van der Waals surface area contributed by atoms with Gasteiger partial charge in [-0.3, -0.25) is 9.89 Å². The maximum Gasteiger partial charge on any atom is 0.191 e. The molecule has 0 amide bonds. The minimum absolute atomic E-state index is 0. The average molecular weight is 556 g/mol. The van der Waals surface area contributed by atoms with Crippen LogP contribution in [0, 0.1) is 5.82 Å². The van der Waals surface area contributed by atoms with Crippen molar-refractivity contribution in [2.75, 3.05) is 40.5 Å².